The number of halogens is 1. The lowest BCUT2D eigenvalue weighted by Gasteiger charge is -2.17. The van der Waals surface area contributed by atoms with Gasteiger partial charge in [0.25, 0.3) is 0 Å². The molecule has 0 aliphatic heterocycles. The summed E-state index contributed by atoms with van der Waals surface area (Å²) >= 11 is 2.08. The highest BCUT2D eigenvalue weighted by atomic mass is 127. The lowest BCUT2D eigenvalue weighted by atomic mass is 9.88. The van der Waals surface area contributed by atoms with Crippen LogP contribution in [0.15, 0.2) is 42.0 Å². The number of rotatable bonds is 5. The summed E-state index contributed by atoms with van der Waals surface area (Å²) in [5.41, 5.74) is 2.61. The topological polar surface area (TPSA) is 38.3 Å². The van der Waals surface area contributed by atoms with E-state index in [1.807, 2.05) is 42.5 Å². The fourth-order valence-corrected chi connectivity index (χ4v) is 2.73. The number of Topliss-reactive ketones (excluding diaryl/α,β-unsaturated/α-hetero) is 1. The van der Waals surface area contributed by atoms with E-state index in [-0.39, 0.29) is 5.78 Å². The van der Waals surface area contributed by atoms with Crippen LogP contribution < -0.4 is 3.53 Å². The fourth-order valence-electron chi connectivity index (χ4n) is 2.51. The van der Waals surface area contributed by atoms with E-state index in [0.29, 0.717) is 13.2 Å². The predicted octanol–water partition coefficient (Wildman–Crippen LogP) is 3.38. The van der Waals surface area contributed by atoms with Gasteiger partial charge in [0.15, 0.2) is 5.78 Å². The maximum Gasteiger partial charge on any atom is 0.192 e. The Kier molecular flexibility index (Phi) is 4.14. The maximum atomic E-state index is 12.5. The summed E-state index contributed by atoms with van der Waals surface area (Å²) in [5.74, 6) is 0.0803. The molecular formula is C16H14INO2. The first-order valence-corrected chi connectivity index (χ1v) is 7.57. The van der Waals surface area contributed by atoms with Crippen molar-refractivity contribution in [3.63, 3.8) is 0 Å². The van der Waals surface area contributed by atoms with E-state index in [9.17, 15) is 4.79 Å². The van der Waals surface area contributed by atoms with Crippen molar-refractivity contribution in [1.82, 2.24) is 3.53 Å². The summed E-state index contributed by atoms with van der Waals surface area (Å²) in [6.45, 7) is 1.73. The molecule has 1 aliphatic carbocycles. The van der Waals surface area contributed by atoms with Gasteiger partial charge in [0, 0.05) is 45.9 Å². The van der Waals surface area contributed by atoms with Crippen LogP contribution in [-0.4, -0.2) is 25.5 Å². The van der Waals surface area contributed by atoms with Crippen LogP contribution in [0.1, 0.15) is 15.9 Å². The van der Waals surface area contributed by atoms with Crippen molar-refractivity contribution in [2.75, 3.05) is 19.8 Å². The van der Waals surface area contributed by atoms with Crippen molar-refractivity contribution < 1.29 is 9.53 Å². The van der Waals surface area contributed by atoms with Gasteiger partial charge in [-0.2, -0.15) is 0 Å². The van der Waals surface area contributed by atoms with Gasteiger partial charge in [-0.05, 0) is 17.0 Å². The Morgan fingerprint density at radius 2 is 1.95 bits per heavy atom. The van der Waals surface area contributed by atoms with Gasteiger partial charge in [-0.15, -0.1) is 0 Å². The van der Waals surface area contributed by atoms with Crippen LogP contribution in [0.25, 0.3) is 16.8 Å². The molecule has 2 aromatic carbocycles. The van der Waals surface area contributed by atoms with Crippen molar-refractivity contribution in [3.05, 3.63) is 53.1 Å². The quantitative estimate of drug-likeness (QED) is 0.492. The number of hydrogen-bond donors (Lipinski definition) is 1. The first-order chi connectivity index (χ1) is 9.81. The van der Waals surface area contributed by atoms with Crippen molar-refractivity contribution >= 4 is 45.5 Å². The van der Waals surface area contributed by atoms with E-state index in [0.717, 1.165) is 34.0 Å². The number of carbonyl (C=O) groups excluding carboxylic acids is 1. The lowest BCUT2D eigenvalue weighted by Crippen LogP contribution is -2.16. The second-order valence-corrected chi connectivity index (χ2v) is 5.45. The van der Waals surface area contributed by atoms with E-state index < -0.39 is 0 Å². The molecule has 1 aliphatic rings. The van der Waals surface area contributed by atoms with Gasteiger partial charge in [0.1, 0.15) is 0 Å². The smallest absolute Gasteiger partial charge is 0.192 e. The zero-order chi connectivity index (χ0) is 13.9. The number of nitrogens with one attached hydrogen (secondary N) is 1. The van der Waals surface area contributed by atoms with E-state index in [2.05, 4.69) is 26.4 Å². The number of hydrogen-bond acceptors (Lipinski definition) is 3. The molecule has 0 aromatic heterocycles. The molecule has 0 fully saturated rings. The molecule has 4 heteroatoms. The van der Waals surface area contributed by atoms with Gasteiger partial charge in [-0.25, -0.2) is 0 Å². The Hall–Kier alpha value is -1.24. The summed E-state index contributed by atoms with van der Waals surface area (Å²) in [6.07, 6.45) is 1.95. The van der Waals surface area contributed by atoms with Crippen LogP contribution in [-0.2, 0) is 4.74 Å². The molecule has 0 saturated carbocycles. The number of ether oxygens (including phenoxy) is 1. The third-order valence-electron chi connectivity index (χ3n) is 3.40. The summed E-state index contributed by atoms with van der Waals surface area (Å²) in [6, 6.07) is 12.0. The molecule has 0 saturated heterocycles. The molecule has 102 valence electrons. The number of carbonyl (C=O) groups is 1. The first kappa shape index (κ1) is 13.7. The van der Waals surface area contributed by atoms with Crippen LogP contribution >= 0.6 is 22.9 Å². The molecule has 0 radical (unpaired) electrons. The summed E-state index contributed by atoms with van der Waals surface area (Å²) in [5, 5.41) is 2.16. The third-order valence-corrected chi connectivity index (χ3v) is 3.94. The van der Waals surface area contributed by atoms with Crippen LogP contribution in [0.2, 0.25) is 0 Å². The number of benzene rings is 2. The highest BCUT2D eigenvalue weighted by Crippen LogP contribution is 2.31. The largest absolute Gasteiger partial charge is 0.375 e. The van der Waals surface area contributed by atoms with Gasteiger partial charge >= 0.3 is 0 Å². The van der Waals surface area contributed by atoms with Crippen LogP contribution in [0.4, 0.5) is 0 Å². The number of ketones is 1. The fraction of sp³-hybridized carbons (Fsp3) is 0.188. The lowest BCUT2D eigenvalue weighted by molar-refractivity contribution is 0.0989. The van der Waals surface area contributed by atoms with Crippen molar-refractivity contribution in [2.45, 2.75) is 0 Å². The average Bonchev–Trinajstić information content (AvgIpc) is 2.48. The predicted molar refractivity (Wildman–Crippen MR) is 89.1 cm³/mol. The van der Waals surface area contributed by atoms with E-state index in [1.165, 1.54) is 0 Å². The Balaban J connectivity index is 1.94. The Labute approximate surface area is 131 Å². The molecule has 0 spiro atoms. The Morgan fingerprint density at radius 3 is 2.75 bits per heavy atom. The van der Waals surface area contributed by atoms with Gasteiger partial charge in [-0.3, -0.25) is 8.32 Å². The zero-order valence-corrected chi connectivity index (χ0v) is 13.0. The molecule has 0 amide bonds. The Bertz CT molecular complexity index is 689. The second kappa shape index (κ2) is 6.03. The molecule has 0 atom stereocenters. The van der Waals surface area contributed by atoms with E-state index in [4.69, 9.17) is 4.74 Å². The normalized spacial score (nSPS) is 13.7. The SMILES string of the molecule is O=C1C(COCCNI)=Cc2cccc3cccc1c23. The maximum absolute atomic E-state index is 12.5. The third kappa shape index (κ3) is 2.51. The monoisotopic (exact) mass is 379 g/mol. The molecule has 1 N–H and O–H groups in total. The minimum atomic E-state index is 0.0803. The first-order valence-electron chi connectivity index (χ1n) is 6.49. The molecule has 3 rings (SSSR count). The van der Waals surface area contributed by atoms with Crippen LogP contribution in [0, 0.1) is 0 Å². The molecule has 0 unspecified atom stereocenters. The van der Waals surface area contributed by atoms with Crippen molar-refractivity contribution in [3.8, 4) is 0 Å². The average molecular weight is 379 g/mol. The van der Waals surface area contributed by atoms with Crippen LogP contribution in [0.5, 0.6) is 0 Å². The molecule has 0 heterocycles. The highest BCUT2D eigenvalue weighted by Gasteiger charge is 2.21. The molecule has 20 heavy (non-hydrogen) atoms. The minimum absolute atomic E-state index is 0.0803. The molecule has 3 nitrogen and oxygen atoms in total. The van der Waals surface area contributed by atoms with Crippen molar-refractivity contribution in [2.24, 2.45) is 0 Å². The van der Waals surface area contributed by atoms with E-state index in [1.54, 1.807) is 0 Å². The molecule has 2 aromatic rings. The summed E-state index contributed by atoms with van der Waals surface area (Å²) in [7, 11) is 0. The van der Waals surface area contributed by atoms with Crippen LogP contribution in [0.3, 0.4) is 0 Å². The minimum Gasteiger partial charge on any atom is -0.375 e. The zero-order valence-electron chi connectivity index (χ0n) is 10.9. The molecule has 0 bridgehead atoms. The van der Waals surface area contributed by atoms with Gasteiger partial charge in [-0.1, -0.05) is 36.4 Å². The van der Waals surface area contributed by atoms with Crippen molar-refractivity contribution in [1.29, 1.82) is 0 Å². The highest BCUT2D eigenvalue weighted by molar-refractivity contribution is 14.1. The van der Waals surface area contributed by atoms with Gasteiger partial charge in [0.05, 0.1) is 13.2 Å². The second-order valence-electron chi connectivity index (χ2n) is 4.69. The van der Waals surface area contributed by atoms with Gasteiger partial charge in [0.2, 0.25) is 0 Å². The summed E-state index contributed by atoms with van der Waals surface area (Å²) in [4.78, 5) is 12.5. The summed E-state index contributed by atoms with van der Waals surface area (Å²) < 4.78 is 8.53. The van der Waals surface area contributed by atoms with E-state index >= 15 is 0 Å². The van der Waals surface area contributed by atoms with Gasteiger partial charge < -0.3 is 4.74 Å². The molecular weight excluding hydrogens is 365 g/mol. The standard InChI is InChI=1S/C16H14INO2/c17-18-7-8-20-10-13-9-12-5-1-3-11-4-2-6-14(15(11)12)16(13)19/h1-6,9,18H,7-8,10H2. The Morgan fingerprint density at radius 1 is 1.15 bits per heavy atom.